The van der Waals surface area contributed by atoms with Crippen LogP contribution in [0, 0.1) is 0 Å². The highest BCUT2D eigenvalue weighted by molar-refractivity contribution is 9.10. The van der Waals surface area contributed by atoms with Gasteiger partial charge in [0, 0.05) is 20.6 Å². The summed E-state index contributed by atoms with van der Waals surface area (Å²) in [6.45, 7) is 5.68. The molecule has 0 saturated carbocycles. The summed E-state index contributed by atoms with van der Waals surface area (Å²) < 4.78 is 13.9. The minimum Gasteiger partial charge on any atom is -0.493 e. The normalized spacial score (nSPS) is 11.7. The van der Waals surface area contributed by atoms with E-state index in [1.165, 1.54) is 11.8 Å². The van der Waals surface area contributed by atoms with Crippen molar-refractivity contribution in [3.63, 3.8) is 0 Å². The van der Waals surface area contributed by atoms with Crippen LogP contribution in [-0.2, 0) is 10.2 Å². The molecule has 0 saturated heterocycles. The van der Waals surface area contributed by atoms with E-state index in [4.69, 9.17) is 26.1 Å². The number of amides is 1. The van der Waals surface area contributed by atoms with Gasteiger partial charge >= 0.3 is 0 Å². The Bertz CT molecular complexity index is 1630. The lowest BCUT2D eigenvalue weighted by atomic mass is 9.95. The zero-order valence-electron chi connectivity index (χ0n) is 21.6. The molecule has 0 unspecified atom stereocenters. The van der Waals surface area contributed by atoms with Gasteiger partial charge < -0.3 is 14.8 Å². The van der Waals surface area contributed by atoms with Crippen LogP contribution in [0.5, 0.6) is 11.5 Å². The van der Waals surface area contributed by atoms with Gasteiger partial charge in [0.1, 0.15) is 5.82 Å². The zero-order chi connectivity index (χ0) is 28.3. The van der Waals surface area contributed by atoms with Gasteiger partial charge in [0.25, 0.3) is 11.5 Å². The third-order valence-corrected chi connectivity index (χ3v) is 6.86. The molecule has 0 atom stereocenters. The summed E-state index contributed by atoms with van der Waals surface area (Å²) in [6.07, 6.45) is 1.55. The number of anilines is 1. The van der Waals surface area contributed by atoms with Crippen LogP contribution in [-0.4, -0.2) is 35.5 Å². The van der Waals surface area contributed by atoms with Crippen LogP contribution in [0.3, 0.4) is 0 Å². The predicted octanol–water partition coefficient (Wildman–Crippen LogP) is 6.78. The number of ether oxygens (including phenoxy) is 2. The number of halogens is 3. The molecule has 8 nitrogen and oxygen atoms in total. The highest BCUT2D eigenvalue weighted by Crippen LogP contribution is 2.36. The summed E-state index contributed by atoms with van der Waals surface area (Å²) >= 11 is 12.8. The van der Waals surface area contributed by atoms with E-state index in [0.29, 0.717) is 49.0 Å². The third-order valence-electron chi connectivity index (χ3n) is 5.53. The summed E-state index contributed by atoms with van der Waals surface area (Å²) in [5.41, 5.74) is 1.12. The Morgan fingerprint density at radius 2 is 1.85 bits per heavy atom. The van der Waals surface area contributed by atoms with E-state index in [9.17, 15) is 9.59 Å². The average Bonchev–Trinajstić information content (AvgIpc) is 2.88. The van der Waals surface area contributed by atoms with Gasteiger partial charge in [0.05, 0.1) is 28.7 Å². The third kappa shape index (κ3) is 6.87. The number of methoxy groups -OCH3 is 1. The highest BCUT2D eigenvalue weighted by Gasteiger charge is 2.23. The largest absolute Gasteiger partial charge is 0.493 e. The predicted molar refractivity (Wildman–Crippen MR) is 162 cm³/mol. The summed E-state index contributed by atoms with van der Waals surface area (Å²) in [6, 6.07) is 15.6. The number of carbonyl (C=O) groups excluding carboxylic acids is 1. The molecule has 39 heavy (non-hydrogen) atoms. The van der Waals surface area contributed by atoms with Crippen molar-refractivity contribution in [3.05, 3.63) is 90.3 Å². The number of aromatic nitrogens is 2. The van der Waals surface area contributed by atoms with Crippen LogP contribution in [0.2, 0.25) is 5.02 Å². The molecule has 1 N–H and O–H groups in total. The second kappa shape index (κ2) is 11.9. The van der Waals surface area contributed by atoms with Crippen molar-refractivity contribution in [2.75, 3.05) is 19.0 Å². The van der Waals surface area contributed by atoms with E-state index in [1.807, 2.05) is 26.8 Å². The van der Waals surface area contributed by atoms with E-state index in [2.05, 4.69) is 42.3 Å². The Labute approximate surface area is 247 Å². The van der Waals surface area contributed by atoms with Gasteiger partial charge in [-0.2, -0.15) is 9.78 Å². The van der Waals surface area contributed by atoms with E-state index in [1.54, 1.807) is 54.7 Å². The van der Waals surface area contributed by atoms with Crippen LogP contribution in [0.1, 0.15) is 32.2 Å². The Morgan fingerprint density at radius 3 is 2.51 bits per heavy atom. The molecule has 0 aliphatic heterocycles. The van der Waals surface area contributed by atoms with Crippen molar-refractivity contribution in [1.29, 1.82) is 0 Å². The first kappa shape index (κ1) is 28.8. The molecule has 0 spiro atoms. The number of hydrogen-bond donors (Lipinski definition) is 1. The molecular formula is C28H25Br2ClN4O4. The Morgan fingerprint density at radius 1 is 1.13 bits per heavy atom. The fourth-order valence-corrected chi connectivity index (χ4v) is 4.75. The number of benzene rings is 3. The lowest BCUT2D eigenvalue weighted by Crippen LogP contribution is -2.29. The molecule has 4 rings (SSSR count). The standard InChI is InChI=1S/C28H25Br2ClN4O4/c1-28(2,3)27-34-22-10-5-17(29)13-20(22)26(37)35(27)32-14-16-11-21(30)25(23(12-16)38-4)39-15-24(36)33-19-8-6-18(31)7-9-19/h5-14H,15H2,1-4H3,(H,33,36). The van der Waals surface area contributed by atoms with E-state index < -0.39 is 5.41 Å². The first-order valence-electron chi connectivity index (χ1n) is 11.8. The van der Waals surface area contributed by atoms with E-state index in [-0.39, 0.29) is 18.1 Å². The number of rotatable bonds is 7. The van der Waals surface area contributed by atoms with Crippen molar-refractivity contribution < 1.29 is 14.3 Å². The average molecular weight is 677 g/mol. The topological polar surface area (TPSA) is 94.8 Å². The smallest absolute Gasteiger partial charge is 0.282 e. The molecular weight excluding hydrogens is 652 g/mol. The Hall–Kier alpha value is -3.21. The molecule has 1 aromatic heterocycles. The van der Waals surface area contributed by atoms with Gasteiger partial charge in [-0.05, 0) is 76.1 Å². The fourth-order valence-electron chi connectivity index (χ4n) is 3.69. The minimum absolute atomic E-state index is 0.242. The number of nitrogens with one attached hydrogen (secondary N) is 1. The van der Waals surface area contributed by atoms with E-state index in [0.717, 1.165) is 4.47 Å². The van der Waals surface area contributed by atoms with Crippen molar-refractivity contribution >= 4 is 72.2 Å². The molecule has 0 fully saturated rings. The highest BCUT2D eigenvalue weighted by atomic mass is 79.9. The molecule has 0 aliphatic carbocycles. The Balaban J connectivity index is 1.61. The van der Waals surface area contributed by atoms with Crippen molar-refractivity contribution in [1.82, 2.24) is 9.66 Å². The summed E-state index contributed by atoms with van der Waals surface area (Å²) in [5, 5.41) is 8.28. The summed E-state index contributed by atoms with van der Waals surface area (Å²) in [5.74, 6) is 0.914. The molecule has 11 heteroatoms. The number of carbonyl (C=O) groups is 1. The van der Waals surface area contributed by atoms with Crippen LogP contribution in [0.4, 0.5) is 5.69 Å². The maximum Gasteiger partial charge on any atom is 0.282 e. The second-order valence-corrected chi connectivity index (χ2v) is 11.8. The maximum absolute atomic E-state index is 13.4. The van der Waals surface area contributed by atoms with Gasteiger partial charge in [0.15, 0.2) is 18.1 Å². The van der Waals surface area contributed by atoms with Crippen LogP contribution in [0.15, 0.2) is 73.4 Å². The monoisotopic (exact) mass is 674 g/mol. The molecule has 202 valence electrons. The maximum atomic E-state index is 13.4. The van der Waals surface area contributed by atoms with Crippen LogP contribution in [0.25, 0.3) is 10.9 Å². The number of fused-ring (bicyclic) bond motifs is 1. The van der Waals surface area contributed by atoms with Crippen molar-refractivity contribution in [2.45, 2.75) is 26.2 Å². The lowest BCUT2D eigenvalue weighted by molar-refractivity contribution is -0.118. The quantitative estimate of drug-likeness (QED) is 0.218. The summed E-state index contributed by atoms with van der Waals surface area (Å²) in [4.78, 5) is 30.5. The molecule has 0 bridgehead atoms. The van der Waals surface area contributed by atoms with Gasteiger partial charge in [-0.25, -0.2) is 4.98 Å². The molecule has 1 amide bonds. The van der Waals surface area contributed by atoms with Gasteiger partial charge in [-0.15, -0.1) is 0 Å². The molecule has 3 aromatic carbocycles. The number of nitrogens with zero attached hydrogens (tertiary/aromatic N) is 3. The Kier molecular flexibility index (Phi) is 8.78. The van der Waals surface area contributed by atoms with Gasteiger partial charge in [-0.3, -0.25) is 9.59 Å². The zero-order valence-corrected chi connectivity index (χ0v) is 25.5. The molecule has 4 aromatic rings. The first-order valence-corrected chi connectivity index (χ1v) is 13.8. The molecule has 0 aliphatic rings. The molecule has 1 heterocycles. The van der Waals surface area contributed by atoms with Crippen molar-refractivity contribution in [2.24, 2.45) is 5.10 Å². The van der Waals surface area contributed by atoms with E-state index >= 15 is 0 Å². The molecule has 0 radical (unpaired) electrons. The SMILES string of the molecule is COc1cc(C=Nn2c(C(C)(C)C)nc3ccc(Br)cc3c2=O)cc(Br)c1OCC(=O)Nc1ccc(Cl)cc1. The first-order chi connectivity index (χ1) is 18.5. The van der Waals surface area contributed by atoms with Crippen LogP contribution >= 0.6 is 43.5 Å². The van der Waals surface area contributed by atoms with Crippen molar-refractivity contribution in [3.8, 4) is 11.5 Å². The van der Waals surface area contributed by atoms with Crippen LogP contribution < -0.4 is 20.3 Å². The van der Waals surface area contributed by atoms with Gasteiger partial charge in [0.2, 0.25) is 0 Å². The minimum atomic E-state index is -0.444. The summed E-state index contributed by atoms with van der Waals surface area (Å²) in [7, 11) is 1.50. The fraction of sp³-hybridized carbons (Fsp3) is 0.214. The second-order valence-electron chi connectivity index (χ2n) is 9.59. The number of hydrogen-bond acceptors (Lipinski definition) is 6. The van der Waals surface area contributed by atoms with Gasteiger partial charge in [-0.1, -0.05) is 48.3 Å². The lowest BCUT2D eigenvalue weighted by Gasteiger charge is -2.21.